The third kappa shape index (κ3) is 16.5. The second kappa shape index (κ2) is 26.5. The Balaban J connectivity index is 1.57. The van der Waals surface area contributed by atoms with Crippen LogP contribution in [0.3, 0.4) is 0 Å². The number of unbranched alkanes of at least 4 members (excludes halogenated alkanes) is 22. The topological polar surface area (TPSA) is 19.7 Å². The molecular formula is C47H77N2+. The highest BCUT2D eigenvalue weighted by Crippen LogP contribution is 2.43. The Hall–Kier alpha value is -2.35. The molecule has 274 valence electrons. The van der Waals surface area contributed by atoms with Crippen molar-refractivity contribution in [1.82, 2.24) is 4.98 Å². The zero-order chi connectivity index (χ0) is 34.7. The molecule has 0 aliphatic heterocycles. The zero-order valence-electron chi connectivity index (χ0n) is 32.5. The number of imidazole rings is 1. The van der Waals surface area contributed by atoms with Crippen LogP contribution in [-0.2, 0) is 18.4 Å². The average molecular weight is 670 g/mol. The minimum absolute atomic E-state index is 0.00350. The van der Waals surface area contributed by atoms with Crippen LogP contribution in [0.25, 0.3) is 0 Å². The number of aromatic nitrogens is 2. The van der Waals surface area contributed by atoms with Crippen LogP contribution in [-0.4, -0.2) is 4.98 Å². The van der Waals surface area contributed by atoms with E-state index in [0.717, 1.165) is 13.0 Å². The van der Waals surface area contributed by atoms with Gasteiger partial charge in [-0.3, -0.25) is 0 Å². The minimum Gasteiger partial charge on any atom is -0.247 e. The van der Waals surface area contributed by atoms with Crippen molar-refractivity contribution >= 4 is 0 Å². The van der Waals surface area contributed by atoms with Crippen LogP contribution >= 0.6 is 0 Å². The summed E-state index contributed by atoms with van der Waals surface area (Å²) in [6.45, 7) is 8.29. The second-order valence-electron chi connectivity index (χ2n) is 15.6. The molecule has 0 bridgehead atoms. The Morgan fingerprint density at radius 2 is 0.959 bits per heavy atom. The van der Waals surface area contributed by atoms with Crippen molar-refractivity contribution < 1.29 is 4.57 Å². The molecule has 0 amide bonds. The first-order chi connectivity index (χ1) is 24.2. The monoisotopic (exact) mass is 670 g/mol. The number of hydrogen-bond acceptors (Lipinski definition) is 0. The summed E-state index contributed by atoms with van der Waals surface area (Å²) in [7, 11) is 0. The van der Waals surface area contributed by atoms with Crippen molar-refractivity contribution in [2.45, 2.75) is 206 Å². The van der Waals surface area contributed by atoms with Gasteiger partial charge in [0.15, 0.2) is 0 Å². The van der Waals surface area contributed by atoms with Gasteiger partial charge in [-0.1, -0.05) is 223 Å². The van der Waals surface area contributed by atoms with Gasteiger partial charge in [-0.25, -0.2) is 9.55 Å². The second-order valence-corrected chi connectivity index (χ2v) is 15.6. The predicted octanol–water partition coefficient (Wildman–Crippen LogP) is 14.4. The SMILES string of the molecule is CCCCCCCCCCCCCCCCC(c1[nH]cc[n+]1CCCCCCCCCCCC)C(C)(Cc1ccccc1)c1ccccc1. The fraction of sp³-hybridized carbons (Fsp3) is 0.681. The fourth-order valence-corrected chi connectivity index (χ4v) is 8.21. The zero-order valence-corrected chi connectivity index (χ0v) is 32.5. The molecule has 2 aromatic carbocycles. The van der Waals surface area contributed by atoms with Gasteiger partial charge in [-0.05, 0) is 36.8 Å². The summed E-state index contributed by atoms with van der Waals surface area (Å²) < 4.78 is 2.59. The van der Waals surface area contributed by atoms with Crippen molar-refractivity contribution in [3.05, 3.63) is 90.0 Å². The van der Waals surface area contributed by atoms with E-state index in [4.69, 9.17) is 0 Å². The lowest BCUT2D eigenvalue weighted by atomic mass is 9.66. The van der Waals surface area contributed by atoms with Crippen LogP contribution in [0.2, 0.25) is 0 Å². The Labute approximate surface area is 304 Å². The summed E-state index contributed by atoms with van der Waals surface area (Å²) in [5, 5.41) is 0. The Kier molecular flexibility index (Phi) is 22.2. The molecule has 1 heterocycles. The van der Waals surface area contributed by atoms with Gasteiger partial charge in [0.05, 0.1) is 12.5 Å². The van der Waals surface area contributed by atoms with Crippen LogP contribution in [0, 0.1) is 0 Å². The average Bonchev–Trinajstić information content (AvgIpc) is 3.59. The lowest BCUT2D eigenvalue weighted by molar-refractivity contribution is -0.705. The number of hydrogen-bond donors (Lipinski definition) is 1. The van der Waals surface area contributed by atoms with Gasteiger partial charge in [0.25, 0.3) is 5.82 Å². The van der Waals surface area contributed by atoms with Gasteiger partial charge >= 0.3 is 0 Å². The van der Waals surface area contributed by atoms with Crippen molar-refractivity contribution in [2.75, 3.05) is 0 Å². The van der Waals surface area contributed by atoms with E-state index in [2.05, 4.69) is 103 Å². The van der Waals surface area contributed by atoms with E-state index in [1.165, 1.54) is 177 Å². The molecule has 2 unspecified atom stereocenters. The molecule has 0 saturated carbocycles. The molecule has 49 heavy (non-hydrogen) atoms. The van der Waals surface area contributed by atoms with Gasteiger partial charge in [0.2, 0.25) is 0 Å². The summed E-state index contributed by atoms with van der Waals surface area (Å²) in [5.41, 5.74) is 2.91. The molecule has 1 aromatic heterocycles. The molecular weight excluding hydrogens is 593 g/mol. The third-order valence-corrected chi connectivity index (χ3v) is 11.3. The number of rotatable bonds is 31. The lowest BCUT2D eigenvalue weighted by Crippen LogP contribution is -2.43. The maximum atomic E-state index is 3.82. The van der Waals surface area contributed by atoms with Gasteiger partial charge in [-0.15, -0.1) is 0 Å². The summed E-state index contributed by atoms with van der Waals surface area (Å²) in [6, 6.07) is 22.7. The summed E-state index contributed by atoms with van der Waals surface area (Å²) in [5.74, 6) is 1.87. The molecule has 0 spiro atoms. The normalized spacial score (nSPS) is 13.4. The molecule has 0 aliphatic rings. The highest BCUT2D eigenvalue weighted by atomic mass is 15.1. The van der Waals surface area contributed by atoms with Crippen molar-refractivity contribution in [3.63, 3.8) is 0 Å². The van der Waals surface area contributed by atoms with Crippen LogP contribution in [0.15, 0.2) is 73.1 Å². The van der Waals surface area contributed by atoms with E-state index in [9.17, 15) is 0 Å². The summed E-state index contributed by atoms with van der Waals surface area (Å²) in [4.78, 5) is 3.82. The smallest absolute Gasteiger partial charge is 0.247 e. The van der Waals surface area contributed by atoms with Crippen molar-refractivity contribution in [1.29, 1.82) is 0 Å². The lowest BCUT2D eigenvalue weighted by Gasteiger charge is -2.37. The molecule has 2 atom stereocenters. The number of benzene rings is 2. The standard InChI is InChI=1S/C47H76N2/c1-4-6-8-10-12-14-16-17-18-19-20-22-24-32-38-45(47(3,44-36-30-27-31-37-44)42-43-34-28-26-29-35-43)46-48-39-41-49(46)40-33-25-23-21-15-13-11-9-7-5-2/h26-31,34-37,39,41,45H,4-25,32-33,38,40,42H2,1-3H3/p+1. The molecule has 3 aromatic rings. The highest BCUT2D eigenvalue weighted by Gasteiger charge is 2.41. The van der Waals surface area contributed by atoms with Crippen LogP contribution in [0.5, 0.6) is 0 Å². The number of aromatic amines is 1. The number of aryl methyl sites for hydroxylation is 1. The third-order valence-electron chi connectivity index (χ3n) is 11.3. The summed E-state index contributed by atoms with van der Waals surface area (Å²) in [6.07, 6.45) is 40.4. The first-order valence-corrected chi connectivity index (χ1v) is 21.3. The molecule has 0 fully saturated rings. The number of nitrogens with one attached hydrogen (secondary N) is 1. The van der Waals surface area contributed by atoms with Crippen LogP contribution in [0.4, 0.5) is 0 Å². The Morgan fingerprint density at radius 1 is 0.531 bits per heavy atom. The van der Waals surface area contributed by atoms with Crippen molar-refractivity contribution in [2.24, 2.45) is 0 Å². The first-order valence-electron chi connectivity index (χ1n) is 21.3. The Morgan fingerprint density at radius 3 is 1.45 bits per heavy atom. The maximum Gasteiger partial charge on any atom is 0.258 e. The number of nitrogens with zero attached hydrogens (tertiary/aromatic N) is 1. The highest BCUT2D eigenvalue weighted by molar-refractivity contribution is 5.32. The quantitative estimate of drug-likeness (QED) is 0.0519. The molecule has 0 saturated heterocycles. The first kappa shape index (κ1) is 41.1. The van der Waals surface area contributed by atoms with E-state index < -0.39 is 0 Å². The molecule has 1 N–H and O–H groups in total. The van der Waals surface area contributed by atoms with Gasteiger partial charge < -0.3 is 0 Å². The van der Waals surface area contributed by atoms with E-state index in [1.807, 2.05) is 0 Å². The van der Waals surface area contributed by atoms with Crippen molar-refractivity contribution in [3.8, 4) is 0 Å². The van der Waals surface area contributed by atoms with E-state index in [-0.39, 0.29) is 5.41 Å². The van der Waals surface area contributed by atoms with Gasteiger partial charge in [0.1, 0.15) is 12.4 Å². The van der Waals surface area contributed by atoms with Gasteiger partial charge in [-0.2, -0.15) is 0 Å². The molecule has 3 rings (SSSR count). The predicted molar refractivity (Wildman–Crippen MR) is 214 cm³/mol. The van der Waals surface area contributed by atoms with E-state index in [1.54, 1.807) is 0 Å². The minimum atomic E-state index is 0.00350. The fourth-order valence-electron chi connectivity index (χ4n) is 8.21. The summed E-state index contributed by atoms with van der Waals surface area (Å²) >= 11 is 0. The molecule has 2 nitrogen and oxygen atoms in total. The molecule has 0 radical (unpaired) electrons. The van der Waals surface area contributed by atoms with Crippen LogP contribution in [0.1, 0.15) is 204 Å². The largest absolute Gasteiger partial charge is 0.258 e. The Bertz CT molecular complexity index is 1150. The maximum absolute atomic E-state index is 3.82. The van der Waals surface area contributed by atoms with E-state index in [0.29, 0.717) is 5.92 Å². The van der Waals surface area contributed by atoms with Gasteiger partial charge in [0, 0.05) is 5.41 Å². The molecule has 2 heteroatoms. The number of H-pyrrole nitrogens is 1. The van der Waals surface area contributed by atoms with Crippen LogP contribution < -0.4 is 4.57 Å². The molecule has 0 aliphatic carbocycles. The van der Waals surface area contributed by atoms with E-state index >= 15 is 0 Å².